The Balaban J connectivity index is 1.83. The number of methoxy groups -OCH3 is 1. The first-order chi connectivity index (χ1) is 11.1. The molecule has 0 spiro atoms. The number of fused-ring (bicyclic) bond motifs is 2. The van der Waals surface area contributed by atoms with Gasteiger partial charge < -0.3 is 19.7 Å². The summed E-state index contributed by atoms with van der Waals surface area (Å²) in [6, 6.07) is 4.35. The van der Waals surface area contributed by atoms with Crippen LogP contribution in [0.25, 0.3) is 0 Å². The summed E-state index contributed by atoms with van der Waals surface area (Å²) >= 11 is 6.28. The molecule has 126 valence electrons. The zero-order chi connectivity index (χ0) is 16.4. The average molecular weight is 339 g/mol. The van der Waals surface area contributed by atoms with Crippen molar-refractivity contribution in [3.05, 3.63) is 22.7 Å². The van der Waals surface area contributed by atoms with Crippen LogP contribution in [0.5, 0.6) is 11.5 Å². The van der Waals surface area contributed by atoms with Gasteiger partial charge in [-0.25, -0.2) is 0 Å². The van der Waals surface area contributed by atoms with Crippen molar-refractivity contribution in [2.45, 2.75) is 38.3 Å². The second-order valence-electron chi connectivity index (χ2n) is 6.10. The maximum atomic E-state index is 12.9. The van der Waals surface area contributed by atoms with Crippen LogP contribution < -0.4 is 14.8 Å². The van der Waals surface area contributed by atoms with Crippen LogP contribution in [-0.2, 0) is 0 Å². The van der Waals surface area contributed by atoms with Crippen LogP contribution in [0.15, 0.2) is 12.1 Å². The quantitative estimate of drug-likeness (QED) is 0.917. The molecule has 2 aliphatic rings. The molecular formula is C17H23ClN2O3. The number of rotatable bonds is 4. The highest BCUT2D eigenvalue weighted by Gasteiger charge is 2.31. The van der Waals surface area contributed by atoms with Gasteiger partial charge in [-0.1, -0.05) is 11.6 Å². The Kier molecular flexibility index (Phi) is 4.97. The molecule has 0 radical (unpaired) electrons. The van der Waals surface area contributed by atoms with E-state index in [1.165, 1.54) is 6.42 Å². The minimum atomic E-state index is 0.00241. The Morgan fingerprint density at radius 1 is 1.35 bits per heavy atom. The fourth-order valence-electron chi connectivity index (χ4n) is 3.44. The minimum absolute atomic E-state index is 0.00241. The summed E-state index contributed by atoms with van der Waals surface area (Å²) in [5, 5.41) is 3.99. The smallest absolute Gasteiger partial charge is 0.254 e. The SMILES string of the molecule is CCOc1c(Cl)cc(C(=O)N2CCC3CCC(C2)N3)cc1OC. The number of carbonyl (C=O) groups is 1. The fraction of sp³-hybridized carbons (Fsp3) is 0.588. The second-order valence-corrected chi connectivity index (χ2v) is 6.51. The molecule has 6 heteroatoms. The molecule has 0 aromatic heterocycles. The lowest BCUT2D eigenvalue weighted by atomic mass is 10.1. The van der Waals surface area contributed by atoms with Gasteiger partial charge in [0.15, 0.2) is 11.5 Å². The van der Waals surface area contributed by atoms with Gasteiger partial charge in [0.05, 0.1) is 18.7 Å². The predicted octanol–water partition coefficient (Wildman–Crippen LogP) is 2.71. The summed E-state index contributed by atoms with van der Waals surface area (Å²) in [6.07, 6.45) is 3.36. The normalized spacial score (nSPS) is 23.5. The maximum absolute atomic E-state index is 12.9. The number of benzene rings is 1. The summed E-state index contributed by atoms with van der Waals surface area (Å²) in [5.74, 6) is 0.990. The molecule has 2 heterocycles. The standard InChI is InChI=1S/C17H23ClN2O3/c1-3-23-16-14(18)8-11(9-15(16)22-2)17(21)20-7-6-12-4-5-13(10-20)19-12/h8-9,12-13,19H,3-7,10H2,1-2H3. The van der Waals surface area contributed by atoms with Gasteiger partial charge >= 0.3 is 0 Å². The van der Waals surface area contributed by atoms with Gasteiger partial charge in [0.25, 0.3) is 5.91 Å². The van der Waals surface area contributed by atoms with E-state index in [0.29, 0.717) is 40.8 Å². The van der Waals surface area contributed by atoms with Crippen LogP contribution in [0.4, 0.5) is 0 Å². The number of amides is 1. The molecule has 3 rings (SSSR count). The van der Waals surface area contributed by atoms with E-state index >= 15 is 0 Å². The van der Waals surface area contributed by atoms with Crippen LogP contribution >= 0.6 is 11.6 Å². The van der Waals surface area contributed by atoms with Crippen molar-refractivity contribution in [1.29, 1.82) is 0 Å². The topological polar surface area (TPSA) is 50.8 Å². The first-order valence-electron chi connectivity index (χ1n) is 8.18. The molecule has 1 amide bonds. The van der Waals surface area contributed by atoms with Crippen molar-refractivity contribution >= 4 is 17.5 Å². The fourth-order valence-corrected chi connectivity index (χ4v) is 3.70. The Bertz CT molecular complexity index is 593. The third-order valence-electron chi connectivity index (χ3n) is 4.58. The summed E-state index contributed by atoms with van der Waals surface area (Å²) in [4.78, 5) is 14.8. The van der Waals surface area contributed by atoms with Crippen LogP contribution in [0.2, 0.25) is 5.02 Å². The van der Waals surface area contributed by atoms with Gasteiger partial charge in [-0.15, -0.1) is 0 Å². The number of likely N-dealkylation sites (tertiary alicyclic amines) is 1. The average Bonchev–Trinajstić information content (AvgIpc) is 2.87. The van der Waals surface area contributed by atoms with Gasteiger partial charge in [0, 0.05) is 30.7 Å². The molecule has 5 nitrogen and oxygen atoms in total. The molecule has 1 N–H and O–H groups in total. The van der Waals surface area contributed by atoms with E-state index in [1.807, 2.05) is 11.8 Å². The summed E-state index contributed by atoms with van der Waals surface area (Å²) < 4.78 is 10.8. The molecule has 0 saturated carbocycles. The summed E-state index contributed by atoms with van der Waals surface area (Å²) in [7, 11) is 1.55. The zero-order valence-electron chi connectivity index (χ0n) is 13.6. The molecule has 2 fully saturated rings. The van der Waals surface area contributed by atoms with E-state index in [4.69, 9.17) is 21.1 Å². The van der Waals surface area contributed by atoms with Crippen molar-refractivity contribution in [2.24, 2.45) is 0 Å². The molecule has 2 aliphatic heterocycles. The first-order valence-corrected chi connectivity index (χ1v) is 8.55. The van der Waals surface area contributed by atoms with Gasteiger partial charge in [-0.2, -0.15) is 0 Å². The molecule has 2 saturated heterocycles. The third kappa shape index (κ3) is 3.40. The lowest BCUT2D eigenvalue weighted by molar-refractivity contribution is 0.0747. The highest BCUT2D eigenvalue weighted by atomic mass is 35.5. The maximum Gasteiger partial charge on any atom is 0.254 e. The number of carbonyl (C=O) groups excluding carboxylic acids is 1. The molecule has 2 atom stereocenters. The van der Waals surface area contributed by atoms with Crippen molar-refractivity contribution in [2.75, 3.05) is 26.8 Å². The van der Waals surface area contributed by atoms with Crippen LogP contribution in [0, 0.1) is 0 Å². The number of halogens is 1. The van der Waals surface area contributed by atoms with Crippen molar-refractivity contribution in [3.63, 3.8) is 0 Å². The van der Waals surface area contributed by atoms with E-state index in [1.54, 1.807) is 19.2 Å². The number of nitrogens with zero attached hydrogens (tertiary/aromatic N) is 1. The Morgan fingerprint density at radius 3 is 2.87 bits per heavy atom. The number of nitrogens with one attached hydrogen (secondary N) is 1. The van der Waals surface area contributed by atoms with Crippen LogP contribution in [0.1, 0.15) is 36.5 Å². The van der Waals surface area contributed by atoms with E-state index in [9.17, 15) is 4.79 Å². The molecular weight excluding hydrogens is 316 g/mol. The van der Waals surface area contributed by atoms with Gasteiger partial charge in [0.1, 0.15) is 0 Å². The van der Waals surface area contributed by atoms with E-state index in [2.05, 4.69) is 5.32 Å². The zero-order valence-corrected chi connectivity index (χ0v) is 14.4. The minimum Gasteiger partial charge on any atom is -0.493 e. The van der Waals surface area contributed by atoms with Crippen molar-refractivity contribution in [1.82, 2.24) is 10.2 Å². The van der Waals surface area contributed by atoms with Crippen molar-refractivity contribution in [3.8, 4) is 11.5 Å². The molecule has 2 bridgehead atoms. The monoisotopic (exact) mass is 338 g/mol. The molecule has 1 aromatic carbocycles. The van der Waals surface area contributed by atoms with E-state index < -0.39 is 0 Å². The number of hydrogen-bond donors (Lipinski definition) is 1. The lowest BCUT2D eigenvalue weighted by Gasteiger charge is -2.25. The largest absolute Gasteiger partial charge is 0.493 e. The van der Waals surface area contributed by atoms with Crippen LogP contribution in [0.3, 0.4) is 0 Å². The summed E-state index contributed by atoms with van der Waals surface area (Å²) in [6.45, 7) is 3.90. The number of hydrogen-bond acceptors (Lipinski definition) is 4. The van der Waals surface area contributed by atoms with Gasteiger partial charge in [-0.05, 0) is 38.3 Å². The lowest BCUT2D eigenvalue weighted by Crippen LogP contribution is -2.39. The van der Waals surface area contributed by atoms with Gasteiger partial charge in [-0.3, -0.25) is 4.79 Å². The molecule has 23 heavy (non-hydrogen) atoms. The first kappa shape index (κ1) is 16.4. The van der Waals surface area contributed by atoms with Crippen molar-refractivity contribution < 1.29 is 14.3 Å². The highest BCUT2D eigenvalue weighted by molar-refractivity contribution is 6.32. The van der Waals surface area contributed by atoms with E-state index in [0.717, 1.165) is 25.9 Å². The molecule has 0 aliphatic carbocycles. The molecule has 1 aromatic rings. The Morgan fingerprint density at radius 2 is 2.13 bits per heavy atom. The van der Waals surface area contributed by atoms with Gasteiger partial charge in [0.2, 0.25) is 0 Å². The summed E-state index contributed by atoms with van der Waals surface area (Å²) in [5.41, 5.74) is 0.549. The third-order valence-corrected chi connectivity index (χ3v) is 4.86. The Labute approximate surface area is 141 Å². The highest BCUT2D eigenvalue weighted by Crippen LogP contribution is 2.37. The Hall–Kier alpha value is -1.46. The predicted molar refractivity (Wildman–Crippen MR) is 89.6 cm³/mol. The van der Waals surface area contributed by atoms with E-state index in [-0.39, 0.29) is 5.91 Å². The molecule has 2 unspecified atom stereocenters. The van der Waals surface area contributed by atoms with Crippen LogP contribution in [-0.4, -0.2) is 49.7 Å². The second kappa shape index (κ2) is 6.97. The number of ether oxygens (including phenoxy) is 2.